The molecule has 140 valence electrons. The Morgan fingerprint density at radius 1 is 1.19 bits per heavy atom. The molecule has 3 fully saturated rings. The van der Waals surface area contributed by atoms with Gasteiger partial charge in [0.1, 0.15) is 6.04 Å². The van der Waals surface area contributed by atoms with E-state index in [1.165, 1.54) is 37.9 Å². The van der Waals surface area contributed by atoms with E-state index in [9.17, 15) is 9.59 Å². The summed E-state index contributed by atoms with van der Waals surface area (Å²) in [4.78, 5) is 25.7. The van der Waals surface area contributed by atoms with Crippen molar-refractivity contribution >= 4 is 17.5 Å². The van der Waals surface area contributed by atoms with Gasteiger partial charge in [0.2, 0.25) is 11.8 Å². The number of nitrogens with zero attached hydrogens (tertiary/aromatic N) is 1. The first kappa shape index (κ1) is 17.5. The molecule has 1 aromatic carbocycles. The number of imide groups is 1. The number of amides is 2. The number of hydrogen-bond donors (Lipinski definition) is 3. The quantitative estimate of drug-likeness (QED) is 0.713. The average Bonchev–Trinajstić information content (AvgIpc) is 3.08. The molecule has 1 spiro atoms. The zero-order valence-electron chi connectivity index (χ0n) is 15.2. The van der Waals surface area contributed by atoms with Gasteiger partial charge in [-0.2, -0.15) is 0 Å². The van der Waals surface area contributed by atoms with Crippen molar-refractivity contribution in [1.82, 2.24) is 15.5 Å². The molecule has 1 atom stereocenters. The number of rotatable bonds is 4. The summed E-state index contributed by atoms with van der Waals surface area (Å²) in [6.07, 6.45) is 4.85. The largest absolute Gasteiger partial charge is 0.374 e. The summed E-state index contributed by atoms with van der Waals surface area (Å²) >= 11 is 0. The number of carbonyl (C=O) groups is 2. The summed E-state index contributed by atoms with van der Waals surface area (Å²) in [6.45, 7) is 5.63. The second kappa shape index (κ2) is 7.37. The number of piperidine rings is 2. The zero-order chi connectivity index (χ0) is 18.0. The Kier molecular flexibility index (Phi) is 4.96. The first-order valence-electron chi connectivity index (χ1n) is 9.74. The van der Waals surface area contributed by atoms with Crippen LogP contribution in [-0.2, 0) is 16.1 Å². The number of benzene rings is 1. The number of carbonyl (C=O) groups excluding carboxylic acids is 2. The van der Waals surface area contributed by atoms with Gasteiger partial charge in [-0.15, -0.1) is 0 Å². The third-order valence-corrected chi connectivity index (χ3v) is 6.16. The van der Waals surface area contributed by atoms with Gasteiger partial charge in [0.25, 0.3) is 0 Å². The maximum absolute atomic E-state index is 11.9. The summed E-state index contributed by atoms with van der Waals surface area (Å²) in [5.74, 6) is -0.403. The van der Waals surface area contributed by atoms with Gasteiger partial charge in [0, 0.05) is 25.2 Å². The molecule has 4 rings (SSSR count). The van der Waals surface area contributed by atoms with Crippen molar-refractivity contribution in [1.29, 1.82) is 0 Å². The van der Waals surface area contributed by atoms with Crippen molar-refractivity contribution in [3.8, 4) is 0 Å². The van der Waals surface area contributed by atoms with Crippen LogP contribution < -0.4 is 16.0 Å². The fourth-order valence-corrected chi connectivity index (χ4v) is 4.46. The minimum absolute atomic E-state index is 0.179. The van der Waals surface area contributed by atoms with Crippen molar-refractivity contribution in [2.75, 3.05) is 31.5 Å². The van der Waals surface area contributed by atoms with Crippen LogP contribution in [0.2, 0.25) is 0 Å². The van der Waals surface area contributed by atoms with E-state index >= 15 is 0 Å². The highest BCUT2D eigenvalue weighted by atomic mass is 16.2. The molecular weight excluding hydrogens is 328 g/mol. The number of hydrogen-bond acceptors (Lipinski definition) is 5. The lowest BCUT2D eigenvalue weighted by Crippen LogP contribution is -2.47. The topological polar surface area (TPSA) is 73.5 Å². The predicted molar refractivity (Wildman–Crippen MR) is 101 cm³/mol. The van der Waals surface area contributed by atoms with E-state index in [1.807, 2.05) is 12.1 Å². The first-order valence-corrected chi connectivity index (χ1v) is 9.74. The highest BCUT2D eigenvalue weighted by molar-refractivity contribution is 6.01. The van der Waals surface area contributed by atoms with Crippen molar-refractivity contribution < 1.29 is 9.59 Å². The van der Waals surface area contributed by atoms with E-state index in [1.54, 1.807) is 0 Å². The SMILES string of the molecule is O=C1CCC(Nc2cccc(CN3CCC4(CCNC4)CC3)c2)C(=O)N1. The predicted octanol–water partition coefficient (Wildman–Crippen LogP) is 1.48. The van der Waals surface area contributed by atoms with Crippen molar-refractivity contribution in [3.63, 3.8) is 0 Å². The van der Waals surface area contributed by atoms with Crippen LogP contribution in [0.3, 0.4) is 0 Å². The van der Waals surface area contributed by atoms with Crippen LogP contribution in [0.5, 0.6) is 0 Å². The van der Waals surface area contributed by atoms with E-state index in [2.05, 4.69) is 33.0 Å². The van der Waals surface area contributed by atoms with Crippen LogP contribution in [0, 0.1) is 5.41 Å². The van der Waals surface area contributed by atoms with Gasteiger partial charge in [0.15, 0.2) is 0 Å². The molecule has 6 nitrogen and oxygen atoms in total. The minimum atomic E-state index is -0.326. The van der Waals surface area contributed by atoms with E-state index in [-0.39, 0.29) is 17.9 Å². The number of nitrogens with one attached hydrogen (secondary N) is 3. The van der Waals surface area contributed by atoms with Crippen molar-refractivity contribution in [2.24, 2.45) is 5.41 Å². The van der Waals surface area contributed by atoms with E-state index < -0.39 is 0 Å². The van der Waals surface area contributed by atoms with Crippen LogP contribution in [0.1, 0.15) is 37.7 Å². The Bertz CT molecular complexity index is 674. The van der Waals surface area contributed by atoms with E-state index in [4.69, 9.17) is 0 Å². The third-order valence-electron chi connectivity index (χ3n) is 6.16. The molecule has 0 aliphatic carbocycles. The van der Waals surface area contributed by atoms with Crippen molar-refractivity contribution in [3.05, 3.63) is 29.8 Å². The van der Waals surface area contributed by atoms with Gasteiger partial charge in [-0.1, -0.05) is 12.1 Å². The molecule has 3 aliphatic heterocycles. The average molecular weight is 356 g/mol. The van der Waals surface area contributed by atoms with Gasteiger partial charge in [0.05, 0.1) is 0 Å². The molecule has 6 heteroatoms. The molecule has 3 aliphatic rings. The van der Waals surface area contributed by atoms with E-state index in [0.29, 0.717) is 18.3 Å². The number of anilines is 1. The highest BCUT2D eigenvalue weighted by Gasteiger charge is 2.36. The molecule has 0 bridgehead atoms. The monoisotopic (exact) mass is 356 g/mol. The molecule has 0 saturated carbocycles. The highest BCUT2D eigenvalue weighted by Crippen LogP contribution is 2.37. The van der Waals surface area contributed by atoms with Crippen LogP contribution in [-0.4, -0.2) is 48.9 Å². The molecule has 0 radical (unpaired) electrons. The Hall–Kier alpha value is -1.92. The van der Waals surface area contributed by atoms with Gasteiger partial charge in [-0.3, -0.25) is 19.8 Å². The summed E-state index contributed by atoms with van der Waals surface area (Å²) in [7, 11) is 0. The van der Waals surface area contributed by atoms with Gasteiger partial charge >= 0.3 is 0 Å². The normalized spacial score (nSPS) is 26.1. The fraction of sp³-hybridized carbons (Fsp3) is 0.600. The summed E-state index contributed by atoms with van der Waals surface area (Å²) < 4.78 is 0. The lowest BCUT2D eigenvalue weighted by atomic mass is 9.78. The standard InChI is InChI=1S/C20H28N4O2/c25-18-5-4-17(19(26)23-18)22-16-3-1-2-15(12-16)13-24-10-7-20(8-11-24)6-9-21-14-20/h1-3,12,17,21-22H,4-11,13-14H2,(H,23,25,26). The lowest BCUT2D eigenvalue weighted by Gasteiger charge is -2.39. The number of likely N-dealkylation sites (tertiary alicyclic amines) is 1. The molecule has 2 amide bonds. The molecule has 1 aromatic rings. The molecule has 3 heterocycles. The minimum Gasteiger partial charge on any atom is -0.374 e. The Morgan fingerprint density at radius 3 is 2.77 bits per heavy atom. The van der Waals surface area contributed by atoms with Crippen LogP contribution in [0.4, 0.5) is 5.69 Å². The van der Waals surface area contributed by atoms with Crippen LogP contribution in [0.25, 0.3) is 0 Å². The summed E-state index contributed by atoms with van der Waals surface area (Å²) in [5, 5.41) is 9.20. The Balaban J connectivity index is 1.33. The molecule has 3 N–H and O–H groups in total. The van der Waals surface area contributed by atoms with E-state index in [0.717, 1.165) is 25.3 Å². The molecule has 1 unspecified atom stereocenters. The zero-order valence-corrected chi connectivity index (χ0v) is 15.2. The van der Waals surface area contributed by atoms with Crippen LogP contribution in [0.15, 0.2) is 24.3 Å². The molecule has 26 heavy (non-hydrogen) atoms. The lowest BCUT2D eigenvalue weighted by molar-refractivity contribution is -0.133. The fourth-order valence-electron chi connectivity index (χ4n) is 4.46. The Morgan fingerprint density at radius 2 is 2.04 bits per heavy atom. The molecular formula is C20H28N4O2. The van der Waals surface area contributed by atoms with Gasteiger partial charge < -0.3 is 10.6 Å². The van der Waals surface area contributed by atoms with Crippen LogP contribution >= 0.6 is 0 Å². The molecule has 0 aromatic heterocycles. The third kappa shape index (κ3) is 3.91. The van der Waals surface area contributed by atoms with Gasteiger partial charge in [-0.05, 0) is 68.4 Å². The second-order valence-corrected chi connectivity index (χ2v) is 8.05. The summed E-state index contributed by atoms with van der Waals surface area (Å²) in [5.41, 5.74) is 2.76. The first-order chi connectivity index (χ1) is 12.6. The molecule has 3 saturated heterocycles. The van der Waals surface area contributed by atoms with Gasteiger partial charge in [-0.25, -0.2) is 0 Å². The van der Waals surface area contributed by atoms with Crippen molar-refractivity contribution in [2.45, 2.75) is 44.7 Å². The Labute approximate surface area is 154 Å². The second-order valence-electron chi connectivity index (χ2n) is 8.05. The summed E-state index contributed by atoms with van der Waals surface area (Å²) in [6, 6.07) is 7.98. The maximum atomic E-state index is 11.9. The maximum Gasteiger partial charge on any atom is 0.249 e. The smallest absolute Gasteiger partial charge is 0.249 e.